The lowest BCUT2D eigenvalue weighted by atomic mass is 9.90. The molecule has 0 N–H and O–H groups in total. The summed E-state index contributed by atoms with van der Waals surface area (Å²) >= 11 is 5.86. The Bertz CT molecular complexity index is 1110. The van der Waals surface area contributed by atoms with Gasteiger partial charge in [0, 0.05) is 38.2 Å². The molecule has 0 aliphatic carbocycles. The summed E-state index contributed by atoms with van der Waals surface area (Å²) in [6, 6.07) is 14.2. The molecule has 2 aromatic rings. The van der Waals surface area contributed by atoms with Crippen molar-refractivity contribution >= 4 is 29.1 Å². The number of hydrogen-bond acceptors (Lipinski definition) is 3. The Morgan fingerprint density at radius 2 is 1.64 bits per heavy atom. The van der Waals surface area contributed by atoms with Crippen LogP contribution in [0.2, 0.25) is 5.02 Å². The molecule has 212 valence electrons. The standard InChI is InChI=1S/C30H37ClF3N3O2/c1-22(38)36-18-12-25(13-19-36)29(39)37(26-8-9-28(31)27(21-26)30(32,33)34)15-5-14-35-16-10-24(11-17-35)20-23-6-3-2-4-7-23/h2-4,6-9,21,24-25H,5,10-20H2,1H3. The van der Waals surface area contributed by atoms with Crippen LogP contribution in [-0.2, 0) is 22.2 Å². The SMILES string of the molecule is CC(=O)N1CCC(C(=O)N(CCCN2CCC(Cc3ccccc3)CC2)c2ccc(Cl)c(C(F)(F)F)c2)CC1. The molecule has 0 atom stereocenters. The average molecular weight is 564 g/mol. The second-order valence-electron chi connectivity index (χ2n) is 10.8. The van der Waals surface area contributed by atoms with Gasteiger partial charge in [0.15, 0.2) is 0 Å². The molecule has 2 heterocycles. The number of anilines is 1. The van der Waals surface area contributed by atoms with Crippen LogP contribution in [0.25, 0.3) is 0 Å². The number of amides is 2. The van der Waals surface area contributed by atoms with Gasteiger partial charge in [0.25, 0.3) is 0 Å². The van der Waals surface area contributed by atoms with E-state index in [2.05, 4.69) is 29.2 Å². The fraction of sp³-hybridized carbons (Fsp3) is 0.533. The third-order valence-electron chi connectivity index (χ3n) is 8.05. The topological polar surface area (TPSA) is 43.9 Å². The molecule has 0 radical (unpaired) electrons. The van der Waals surface area contributed by atoms with Gasteiger partial charge in [-0.1, -0.05) is 41.9 Å². The lowest BCUT2D eigenvalue weighted by Crippen LogP contribution is -2.45. The van der Waals surface area contributed by atoms with Crippen LogP contribution in [0.1, 0.15) is 50.2 Å². The number of piperidine rings is 2. The number of carbonyl (C=O) groups is 2. The minimum absolute atomic E-state index is 0.0298. The lowest BCUT2D eigenvalue weighted by Gasteiger charge is -2.35. The molecule has 4 rings (SSSR count). The van der Waals surface area contributed by atoms with Gasteiger partial charge in [0.1, 0.15) is 0 Å². The molecular weight excluding hydrogens is 527 g/mol. The van der Waals surface area contributed by atoms with Gasteiger partial charge >= 0.3 is 6.18 Å². The van der Waals surface area contributed by atoms with Gasteiger partial charge < -0.3 is 14.7 Å². The summed E-state index contributed by atoms with van der Waals surface area (Å²) in [5.74, 6) is 0.102. The number of benzene rings is 2. The van der Waals surface area contributed by atoms with Gasteiger partial charge in [0.05, 0.1) is 10.6 Å². The van der Waals surface area contributed by atoms with Crippen molar-refractivity contribution < 1.29 is 22.8 Å². The van der Waals surface area contributed by atoms with Crippen LogP contribution in [-0.4, -0.2) is 60.9 Å². The number of halogens is 4. The van der Waals surface area contributed by atoms with E-state index in [1.54, 1.807) is 4.90 Å². The summed E-state index contributed by atoms with van der Waals surface area (Å²) < 4.78 is 40.8. The van der Waals surface area contributed by atoms with E-state index < -0.39 is 11.7 Å². The lowest BCUT2D eigenvalue weighted by molar-refractivity contribution is -0.137. The van der Waals surface area contributed by atoms with Crippen LogP contribution in [0.5, 0.6) is 0 Å². The highest BCUT2D eigenvalue weighted by atomic mass is 35.5. The molecule has 0 saturated carbocycles. The number of hydrogen-bond donors (Lipinski definition) is 0. The highest BCUT2D eigenvalue weighted by Crippen LogP contribution is 2.37. The third-order valence-corrected chi connectivity index (χ3v) is 8.38. The van der Waals surface area contributed by atoms with Crippen LogP contribution in [0.15, 0.2) is 48.5 Å². The first-order valence-corrected chi connectivity index (χ1v) is 14.2. The zero-order valence-electron chi connectivity index (χ0n) is 22.4. The van der Waals surface area contributed by atoms with E-state index in [4.69, 9.17) is 11.6 Å². The third kappa shape index (κ3) is 7.98. The van der Waals surface area contributed by atoms with Gasteiger partial charge in [-0.25, -0.2) is 0 Å². The maximum absolute atomic E-state index is 13.6. The minimum atomic E-state index is -4.61. The predicted molar refractivity (Wildman–Crippen MR) is 148 cm³/mol. The number of likely N-dealkylation sites (tertiary alicyclic amines) is 2. The van der Waals surface area contributed by atoms with E-state index >= 15 is 0 Å². The predicted octanol–water partition coefficient (Wildman–Crippen LogP) is 6.30. The second kappa shape index (κ2) is 13.2. The normalized spacial score (nSPS) is 17.8. The van der Waals surface area contributed by atoms with E-state index in [0.717, 1.165) is 45.0 Å². The highest BCUT2D eigenvalue weighted by molar-refractivity contribution is 6.31. The summed E-state index contributed by atoms with van der Waals surface area (Å²) in [5.41, 5.74) is 0.638. The molecule has 0 bridgehead atoms. The zero-order chi connectivity index (χ0) is 28.0. The highest BCUT2D eigenvalue weighted by Gasteiger charge is 2.35. The van der Waals surface area contributed by atoms with E-state index in [9.17, 15) is 22.8 Å². The summed E-state index contributed by atoms with van der Waals surface area (Å²) in [6.07, 6.45) is 0.353. The molecule has 5 nitrogen and oxygen atoms in total. The fourth-order valence-electron chi connectivity index (χ4n) is 5.74. The fourth-order valence-corrected chi connectivity index (χ4v) is 5.97. The van der Waals surface area contributed by atoms with Crippen LogP contribution in [0.3, 0.4) is 0 Å². The molecule has 2 saturated heterocycles. The van der Waals surface area contributed by atoms with Crippen LogP contribution < -0.4 is 4.90 Å². The van der Waals surface area contributed by atoms with Gasteiger partial charge in [0.2, 0.25) is 11.8 Å². The van der Waals surface area contributed by atoms with Crippen LogP contribution in [0, 0.1) is 11.8 Å². The smallest absolute Gasteiger partial charge is 0.343 e. The van der Waals surface area contributed by atoms with Crippen molar-refractivity contribution in [3.63, 3.8) is 0 Å². The number of nitrogens with zero attached hydrogens (tertiary/aromatic N) is 3. The first kappa shape index (κ1) is 29.4. The van der Waals surface area contributed by atoms with Gasteiger partial charge in [-0.15, -0.1) is 0 Å². The largest absolute Gasteiger partial charge is 0.417 e. The van der Waals surface area contributed by atoms with Crippen molar-refractivity contribution in [1.29, 1.82) is 0 Å². The molecule has 39 heavy (non-hydrogen) atoms. The van der Waals surface area contributed by atoms with Crippen molar-refractivity contribution in [2.24, 2.45) is 11.8 Å². The first-order chi connectivity index (χ1) is 18.6. The van der Waals surface area contributed by atoms with Crippen LogP contribution in [0.4, 0.5) is 18.9 Å². The van der Waals surface area contributed by atoms with E-state index in [-0.39, 0.29) is 28.4 Å². The zero-order valence-corrected chi connectivity index (χ0v) is 23.2. The first-order valence-electron chi connectivity index (χ1n) is 13.8. The maximum Gasteiger partial charge on any atom is 0.417 e. The summed E-state index contributed by atoms with van der Waals surface area (Å²) in [6.45, 7) is 5.53. The molecule has 0 aromatic heterocycles. The van der Waals surface area contributed by atoms with Crippen molar-refractivity contribution in [3.8, 4) is 0 Å². The molecule has 2 aliphatic heterocycles. The Kier molecular flexibility index (Phi) is 9.94. The summed E-state index contributed by atoms with van der Waals surface area (Å²) in [5, 5.41) is -0.383. The Labute approximate surface area is 233 Å². The Morgan fingerprint density at radius 3 is 2.26 bits per heavy atom. The molecule has 2 amide bonds. The monoisotopic (exact) mass is 563 g/mol. The molecule has 9 heteroatoms. The Morgan fingerprint density at radius 1 is 0.974 bits per heavy atom. The quantitative estimate of drug-likeness (QED) is 0.379. The van der Waals surface area contributed by atoms with Crippen molar-refractivity contribution in [3.05, 3.63) is 64.7 Å². The number of alkyl halides is 3. The molecular formula is C30H37ClF3N3O2. The van der Waals surface area contributed by atoms with Gasteiger partial charge in [-0.05, 0) is 87.8 Å². The Balaban J connectivity index is 1.38. The van der Waals surface area contributed by atoms with Crippen LogP contribution >= 0.6 is 11.6 Å². The second-order valence-corrected chi connectivity index (χ2v) is 11.2. The molecule has 0 spiro atoms. The van der Waals surface area contributed by atoms with Gasteiger partial charge in [-0.2, -0.15) is 13.2 Å². The van der Waals surface area contributed by atoms with E-state index in [1.165, 1.54) is 29.5 Å². The maximum atomic E-state index is 13.6. The van der Waals surface area contributed by atoms with Crippen molar-refractivity contribution in [1.82, 2.24) is 9.80 Å². The molecule has 2 aromatic carbocycles. The molecule has 2 aliphatic rings. The number of rotatable bonds is 8. The van der Waals surface area contributed by atoms with Gasteiger partial charge in [-0.3, -0.25) is 9.59 Å². The molecule has 2 fully saturated rings. The number of carbonyl (C=O) groups excluding carboxylic acids is 2. The van der Waals surface area contributed by atoms with E-state index in [0.29, 0.717) is 44.8 Å². The average Bonchev–Trinajstić information content (AvgIpc) is 2.92. The summed E-state index contributed by atoms with van der Waals surface area (Å²) in [4.78, 5) is 30.9. The Hall–Kier alpha value is -2.58. The minimum Gasteiger partial charge on any atom is -0.343 e. The molecule has 0 unspecified atom stereocenters. The summed E-state index contributed by atoms with van der Waals surface area (Å²) in [7, 11) is 0. The van der Waals surface area contributed by atoms with Crippen molar-refractivity contribution in [2.75, 3.05) is 44.2 Å². The van der Waals surface area contributed by atoms with E-state index in [1.807, 2.05) is 6.07 Å². The van der Waals surface area contributed by atoms with Crippen molar-refractivity contribution in [2.45, 2.75) is 51.6 Å².